The Balaban J connectivity index is 1.57. The number of rotatable bonds is 5. The van der Waals surface area contributed by atoms with Crippen LogP contribution in [-0.4, -0.2) is 35.9 Å². The molecule has 5 rings (SSSR count). The molecule has 0 bridgehead atoms. The van der Waals surface area contributed by atoms with Gasteiger partial charge in [-0.25, -0.2) is 9.07 Å². The molecule has 0 saturated heterocycles. The maximum absolute atomic E-state index is 14.7. The van der Waals surface area contributed by atoms with Gasteiger partial charge in [0.2, 0.25) is 0 Å². The van der Waals surface area contributed by atoms with Crippen LogP contribution >= 0.6 is 0 Å². The largest absolute Gasteiger partial charge is 0.319 e. The van der Waals surface area contributed by atoms with Crippen LogP contribution in [0.15, 0.2) is 72.9 Å². The third-order valence-electron chi connectivity index (χ3n) is 5.68. The van der Waals surface area contributed by atoms with Crippen LogP contribution in [0.3, 0.4) is 0 Å². The van der Waals surface area contributed by atoms with Gasteiger partial charge in [0.25, 0.3) is 5.91 Å². The Hall–Kier alpha value is -4.66. The van der Waals surface area contributed by atoms with Crippen LogP contribution in [0.5, 0.6) is 0 Å². The molecular weight excluding hydrogens is 445 g/mol. The minimum Gasteiger partial charge on any atom is -0.319 e. The third kappa shape index (κ3) is 4.31. The smallest absolute Gasteiger partial charge is 0.259 e. The van der Waals surface area contributed by atoms with Gasteiger partial charge >= 0.3 is 0 Å². The van der Waals surface area contributed by atoms with Gasteiger partial charge < -0.3 is 5.32 Å². The molecule has 35 heavy (non-hydrogen) atoms. The highest BCUT2D eigenvalue weighted by Crippen LogP contribution is 2.29. The highest BCUT2D eigenvalue weighted by molar-refractivity contribution is 6.08. The first kappa shape index (κ1) is 22.1. The van der Waals surface area contributed by atoms with E-state index in [1.807, 2.05) is 62.4 Å². The first-order chi connectivity index (χ1) is 16.9. The standard InChI is InChI=1S/C26H22FN7O/c1-16-9-11-21(17(2)13-16)25-22(15-33(30-25)19-7-5-4-6-8-19)26(35)28-24-14-20(10-12-23(24)27)34-18(3)29-31-32-34/h4-15H,1-3H3,(H,28,35). The van der Waals surface area contributed by atoms with Crippen molar-refractivity contribution >= 4 is 11.6 Å². The van der Waals surface area contributed by atoms with E-state index in [0.29, 0.717) is 22.8 Å². The molecule has 9 heteroatoms. The molecule has 3 aromatic carbocycles. The Bertz CT molecular complexity index is 1540. The number of amides is 1. The minimum absolute atomic E-state index is 0.0152. The summed E-state index contributed by atoms with van der Waals surface area (Å²) in [6.07, 6.45) is 1.66. The second kappa shape index (κ2) is 8.94. The summed E-state index contributed by atoms with van der Waals surface area (Å²) in [5.41, 5.74) is 5.10. The predicted molar refractivity (Wildman–Crippen MR) is 130 cm³/mol. The summed E-state index contributed by atoms with van der Waals surface area (Å²) in [5, 5.41) is 18.8. The minimum atomic E-state index is -0.573. The number of halogens is 1. The zero-order chi connectivity index (χ0) is 24.5. The summed E-state index contributed by atoms with van der Waals surface area (Å²) in [4.78, 5) is 13.5. The molecule has 0 aliphatic heterocycles. The number of carbonyl (C=O) groups is 1. The molecule has 0 atom stereocenters. The molecule has 0 fully saturated rings. The molecule has 1 N–H and O–H groups in total. The lowest BCUT2D eigenvalue weighted by Gasteiger charge is -2.10. The summed E-state index contributed by atoms with van der Waals surface area (Å²) in [6.45, 7) is 5.72. The van der Waals surface area contributed by atoms with Gasteiger partial charge in [0.15, 0.2) is 5.82 Å². The van der Waals surface area contributed by atoms with E-state index in [2.05, 4.69) is 20.8 Å². The summed E-state index contributed by atoms with van der Waals surface area (Å²) in [6, 6.07) is 19.8. The Morgan fingerprint density at radius 1 is 0.943 bits per heavy atom. The van der Waals surface area contributed by atoms with Gasteiger partial charge in [-0.15, -0.1) is 5.10 Å². The van der Waals surface area contributed by atoms with Gasteiger partial charge in [-0.3, -0.25) is 4.79 Å². The van der Waals surface area contributed by atoms with Crippen molar-refractivity contribution in [1.29, 1.82) is 0 Å². The summed E-state index contributed by atoms with van der Waals surface area (Å²) in [7, 11) is 0. The van der Waals surface area contributed by atoms with Crippen LogP contribution in [0.25, 0.3) is 22.6 Å². The maximum atomic E-state index is 14.7. The molecule has 0 saturated carbocycles. The number of tetrazole rings is 1. The van der Waals surface area contributed by atoms with E-state index in [9.17, 15) is 9.18 Å². The molecular formula is C26H22FN7O. The normalized spacial score (nSPS) is 11.0. The molecule has 0 radical (unpaired) electrons. The van der Waals surface area contributed by atoms with Crippen molar-refractivity contribution in [3.63, 3.8) is 0 Å². The topological polar surface area (TPSA) is 90.5 Å². The fraction of sp³-hybridized carbons (Fsp3) is 0.115. The summed E-state index contributed by atoms with van der Waals surface area (Å²) >= 11 is 0. The van der Waals surface area contributed by atoms with E-state index in [0.717, 1.165) is 22.4 Å². The van der Waals surface area contributed by atoms with E-state index in [4.69, 9.17) is 5.10 Å². The van der Waals surface area contributed by atoms with E-state index < -0.39 is 11.7 Å². The highest BCUT2D eigenvalue weighted by Gasteiger charge is 2.21. The van der Waals surface area contributed by atoms with E-state index in [-0.39, 0.29) is 5.69 Å². The average Bonchev–Trinajstić information content (AvgIpc) is 3.48. The number of anilines is 1. The zero-order valence-corrected chi connectivity index (χ0v) is 19.4. The van der Waals surface area contributed by atoms with Gasteiger partial charge in [-0.05, 0) is 67.1 Å². The number of aryl methyl sites for hydroxylation is 3. The number of aromatic nitrogens is 6. The molecule has 174 valence electrons. The van der Waals surface area contributed by atoms with Gasteiger partial charge in [-0.2, -0.15) is 9.78 Å². The average molecular weight is 468 g/mol. The molecule has 2 aromatic heterocycles. The lowest BCUT2D eigenvalue weighted by molar-refractivity contribution is 0.102. The third-order valence-corrected chi connectivity index (χ3v) is 5.68. The molecule has 0 unspecified atom stereocenters. The number of hydrogen-bond donors (Lipinski definition) is 1. The Kier molecular flexibility index (Phi) is 5.66. The van der Waals surface area contributed by atoms with Crippen molar-refractivity contribution in [1.82, 2.24) is 30.0 Å². The Morgan fingerprint density at radius 3 is 2.46 bits per heavy atom. The van der Waals surface area contributed by atoms with Crippen molar-refractivity contribution in [2.24, 2.45) is 0 Å². The monoisotopic (exact) mass is 467 g/mol. The quantitative estimate of drug-likeness (QED) is 0.400. The number of nitrogens with zero attached hydrogens (tertiary/aromatic N) is 6. The number of hydrogen-bond acceptors (Lipinski definition) is 5. The van der Waals surface area contributed by atoms with Crippen LogP contribution < -0.4 is 5.32 Å². The van der Waals surface area contributed by atoms with Crippen molar-refractivity contribution in [3.8, 4) is 22.6 Å². The first-order valence-corrected chi connectivity index (χ1v) is 11.0. The van der Waals surface area contributed by atoms with Crippen LogP contribution in [0, 0.1) is 26.6 Å². The van der Waals surface area contributed by atoms with Gasteiger partial charge in [0.05, 0.1) is 22.6 Å². The predicted octanol–water partition coefficient (Wildman–Crippen LogP) is 4.83. The molecule has 0 aliphatic rings. The second-order valence-electron chi connectivity index (χ2n) is 8.25. The van der Waals surface area contributed by atoms with Crippen LogP contribution in [0.1, 0.15) is 27.3 Å². The number of carbonyl (C=O) groups excluding carboxylic acids is 1. The number of nitrogens with one attached hydrogen (secondary N) is 1. The molecule has 0 spiro atoms. The van der Waals surface area contributed by atoms with E-state index >= 15 is 0 Å². The van der Waals surface area contributed by atoms with Crippen LogP contribution in [0.4, 0.5) is 10.1 Å². The summed E-state index contributed by atoms with van der Waals surface area (Å²) < 4.78 is 17.8. The highest BCUT2D eigenvalue weighted by atomic mass is 19.1. The SMILES string of the molecule is Cc1ccc(-c2nn(-c3ccccc3)cc2C(=O)Nc2cc(-n3nnnc3C)ccc2F)c(C)c1. The van der Waals surface area contributed by atoms with Gasteiger partial charge in [-0.1, -0.05) is 42.0 Å². The lowest BCUT2D eigenvalue weighted by atomic mass is 10.0. The van der Waals surface area contributed by atoms with Crippen molar-refractivity contribution in [2.45, 2.75) is 20.8 Å². The summed E-state index contributed by atoms with van der Waals surface area (Å²) in [5.74, 6) is -0.516. The van der Waals surface area contributed by atoms with Crippen molar-refractivity contribution in [3.05, 3.63) is 101 Å². The zero-order valence-electron chi connectivity index (χ0n) is 19.4. The lowest BCUT2D eigenvalue weighted by Crippen LogP contribution is -2.14. The van der Waals surface area contributed by atoms with E-state index in [1.165, 1.54) is 16.8 Å². The Morgan fingerprint density at radius 2 is 1.74 bits per heavy atom. The van der Waals surface area contributed by atoms with Gasteiger partial charge in [0.1, 0.15) is 11.5 Å². The molecule has 1 amide bonds. The van der Waals surface area contributed by atoms with Crippen LogP contribution in [0.2, 0.25) is 0 Å². The number of benzene rings is 3. The fourth-order valence-corrected chi connectivity index (χ4v) is 3.93. The molecule has 5 aromatic rings. The molecule has 2 heterocycles. The van der Waals surface area contributed by atoms with Gasteiger partial charge in [0, 0.05) is 11.8 Å². The fourth-order valence-electron chi connectivity index (χ4n) is 3.93. The van der Waals surface area contributed by atoms with Crippen molar-refractivity contribution in [2.75, 3.05) is 5.32 Å². The van der Waals surface area contributed by atoms with Crippen LogP contribution in [-0.2, 0) is 0 Å². The molecule has 8 nitrogen and oxygen atoms in total. The second-order valence-corrected chi connectivity index (χ2v) is 8.25. The first-order valence-electron chi connectivity index (χ1n) is 11.0. The van der Waals surface area contributed by atoms with Crippen molar-refractivity contribution < 1.29 is 9.18 Å². The van der Waals surface area contributed by atoms with E-state index in [1.54, 1.807) is 23.9 Å². The Labute approximate surface area is 201 Å². The number of para-hydroxylation sites is 1. The maximum Gasteiger partial charge on any atom is 0.259 e. The molecule has 0 aliphatic carbocycles.